The fourth-order valence-electron chi connectivity index (χ4n) is 4.18. The molecule has 0 aromatic carbocycles. The number of hydrogen-bond donors (Lipinski definition) is 2. The van der Waals surface area contributed by atoms with Gasteiger partial charge in [-0.15, -0.1) is 10.2 Å². The van der Waals surface area contributed by atoms with Crippen LogP contribution in [0.1, 0.15) is 73.4 Å². The highest BCUT2D eigenvalue weighted by atomic mass is 32.2. The van der Waals surface area contributed by atoms with Gasteiger partial charge in [-0.2, -0.15) is 0 Å². The van der Waals surface area contributed by atoms with Crippen molar-refractivity contribution in [3.63, 3.8) is 0 Å². The molecule has 2 amide bonds. The van der Waals surface area contributed by atoms with Crippen LogP contribution in [0.25, 0.3) is 0 Å². The number of carbonyl (C=O) groups excluding carboxylic acids is 3. The van der Waals surface area contributed by atoms with Crippen molar-refractivity contribution in [1.29, 1.82) is 0 Å². The Morgan fingerprint density at radius 1 is 1.17 bits per heavy atom. The molecule has 0 aliphatic heterocycles. The Bertz CT molecular complexity index is 1020. The number of nitrogens with one attached hydrogen (secondary N) is 2. The Labute approximate surface area is 216 Å². The Hall–Kier alpha value is -2.79. The number of nitrogens with zero attached hydrogens (tertiary/aromatic N) is 4. The van der Waals surface area contributed by atoms with Gasteiger partial charge in [-0.25, -0.2) is 0 Å². The number of amides is 2. The van der Waals surface area contributed by atoms with E-state index in [-0.39, 0.29) is 23.6 Å². The fraction of sp³-hybridized carbons (Fsp3) is 0.600. The van der Waals surface area contributed by atoms with E-state index in [1.54, 1.807) is 18.3 Å². The summed E-state index contributed by atoms with van der Waals surface area (Å²) in [5.74, 6) is -0.391. The summed E-state index contributed by atoms with van der Waals surface area (Å²) in [6.07, 6.45) is 7.07. The first-order valence-corrected chi connectivity index (χ1v) is 13.4. The standard InChI is InChI=1S/C25H36N6O4S/c1-17(2)15-19(20(32)22-29-30-24(35-22)36-14-13-31(3)4)27-23(34)25(10-6-5-7-11-25)28-21(33)18-9-8-12-26-16-18/h8-9,12,16-17,19H,5-7,10-11,13-15H2,1-4H3,(H,27,34)(H,28,33). The topological polar surface area (TPSA) is 130 Å². The molecule has 196 valence electrons. The molecular formula is C25H36N6O4S. The molecule has 0 spiro atoms. The van der Waals surface area contributed by atoms with Crippen LogP contribution in [-0.4, -0.2) is 75.7 Å². The van der Waals surface area contributed by atoms with Crippen molar-refractivity contribution in [2.24, 2.45) is 5.92 Å². The first-order valence-electron chi connectivity index (χ1n) is 12.4. The van der Waals surface area contributed by atoms with Gasteiger partial charge in [0.15, 0.2) is 0 Å². The highest BCUT2D eigenvalue weighted by Crippen LogP contribution is 2.29. The van der Waals surface area contributed by atoms with Gasteiger partial charge in [0.1, 0.15) is 5.54 Å². The molecule has 3 rings (SSSR count). The van der Waals surface area contributed by atoms with Crippen LogP contribution >= 0.6 is 11.8 Å². The fourth-order valence-corrected chi connectivity index (χ4v) is 5.05. The Morgan fingerprint density at radius 3 is 2.56 bits per heavy atom. The molecule has 2 heterocycles. The molecule has 1 aliphatic carbocycles. The third-order valence-corrected chi connectivity index (χ3v) is 6.93. The lowest BCUT2D eigenvalue weighted by molar-refractivity contribution is -0.129. The third kappa shape index (κ3) is 7.60. The zero-order valence-corrected chi connectivity index (χ0v) is 22.3. The molecule has 1 aliphatic rings. The van der Waals surface area contributed by atoms with Gasteiger partial charge in [0.05, 0.1) is 11.6 Å². The Morgan fingerprint density at radius 2 is 1.92 bits per heavy atom. The van der Waals surface area contributed by atoms with E-state index in [0.717, 1.165) is 31.6 Å². The number of aromatic nitrogens is 3. The predicted molar refractivity (Wildman–Crippen MR) is 137 cm³/mol. The van der Waals surface area contributed by atoms with Crippen molar-refractivity contribution in [3.05, 3.63) is 36.0 Å². The minimum atomic E-state index is -1.09. The molecule has 0 bridgehead atoms. The molecule has 1 fully saturated rings. The number of thioether (sulfide) groups is 1. The molecule has 0 radical (unpaired) electrons. The van der Waals surface area contributed by atoms with Crippen LogP contribution in [-0.2, 0) is 4.79 Å². The molecule has 10 nitrogen and oxygen atoms in total. The maximum absolute atomic E-state index is 13.7. The highest BCUT2D eigenvalue weighted by molar-refractivity contribution is 7.99. The van der Waals surface area contributed by atoms with E-state index < -0.39 is 17.4 Å². The lowest BCUT2D eigenvalue weighted by Gasteiger charge is -2.37. The minimum absolute atomic E-state index is 0.120. The van der Waals surface area contributed by atoms with Crippen LogP contribution in [0, 0.1) is 5.92 Å². The van der Waals surface area contributed by atoms with Crippen molar-refractivity contribution in [2.45, 2.75) is 69.2 Å². The smallest absolute Gasteiger partial charge is 0.286 e. The largest absolute Gasteiger partial charge is 0.408 e. The van der Waals surface area contributed by atoms with Gasteiger partial charge in [0.25, 0.3) is 17.0 Å². The van der Waals surface area contributed by atoms with Crippen LogP contribution in [0.5, 0.6) is 0 Å². The highest BCUT2D eigenvalue weighted by Gasteiger charge is 2.43. The number of carbonyl (C=O) groups is 3. The van der Waals surface area contributed by atoms with E-state index in [9.17, 15) is 14.4 Å². The van der Waals surface area contributed by atoms with Crippen LogP contribution in [0.3, 0.4) is 0 Å². The number of ketones is 1. The second-order valence-electron chi connectivity index (χ2n) is 9.88. The van der Waals surface area contributed by atoms with Crippen LogP contribution in [0.15, 0.2) is 34.2 Å². The minimum Gasteiger partial charge on any atom is -0.408 e. The summed E-state index contributed by atoms with van der Waals surface area (Å²) in [7, 11) is 3.95. The molecule has 2 N–H and O–H groups in total. The molecule has 11 heteroatoms. The van der Waals surface area contributed by atoms with Crippen LogP contribution in [0.4, 0.5) is 0 Å². The van der Waals surface area contributed by atoms with Crippen molar-refractivity contribution in [1.82, 2.24) is 30.7 Å². The summed E-state index contributed by atoms with van der Waals surface area (Å²) >= 11 is 1.38. The monoisotopic (exact) mass is 516 g/mol. The van der Waals surface area contributed by atoms with Gasteiger partial charge in [-0.3, -0.25) is 19.4 Å². The van der Waals surface area contributed by atoms with Crippen molar-refractivity contribution >= 4 is 29.4 Å². The quantitative estimate of drug-likeness (QED) is 0.323. The van der Waals surface area contributed by atoms with E-state index >= 15 is 0 Å². The van der Waals surface area contributed by atoms with Gasteiger partial charge in [0.2, 0.25) is 11.7 Å². The Kier molecular flexibility index (Phi) is 10.0. The van der Waals surface area contributed by atoms with Gasteiger partial charge < -0.3 is 20.0 Å². The predicted octanol–water partition coefficient (Wildman–Crippen LogP) is 2.96. The van der Waals surface area contributed by atoms with Crippen LogP contribution in [0.2, 0.25) is 0 Å². The lowest BCUT2D eigenvalue weighted by atomic mass is 9.80. The second-order valence-corrected chi connectivity index (χ2v) is 10.9. The SMILES string of the molecule is CC(C)CC(NC(=O)C1(NC(=O)c2cccnc2)CCCCC1)C(=O)c1nnc(SCCN(C)C)o1. The van der Waals surface area contributed by atoms with Gasteiger partial charge in [0, 0.05) is 24.7 Å². The zero-order chi connectivity index (χ0) is 26.1. The average Bonchev–Trinajstić information content (AvgIpc) is 3.32. The first kappa shape index (κ1) is 27.8. The third-order valence-electron chi connectivity index (χ3n) is 6.13. The number of rotatable bonds is 12. The van der Waals surface area contributed by atoms with Crippen molar-refractivity contribution in [2.75, 3.05) is 26.4 Å². The lowest BCUT2D eigenvalue weighted by Crippen LogP contribution is -2.62. The maximum atomic E-state index is 13.7. The van der Waals surface area contributed by atoms with E-state index in [1.807, 2.05) is 32.8 Å². The summed E-state index contributed by atoms with van der Waals surface area (Å²) in [5, 5.41) is 14.1. The van der Waals surface area contributed by atoms with E-state index in [0.29, 0.717) is 30.0 Å². The Balaban J connectivity index is 1.75. The van der Waals surface area contributed by atoms with Crippen molar-refractivity contribution in [3.8, 4) is 0 Å². The normalized spacial score (nSPS) is 16.1. The van der Waals surface area contributed by atoms with Gasteiger partial charge in [-0.1, -0.05) is 44.9 Å². The summed E-state index contributed by atoms with van der Waals surface area (Å²) in [6, 6.07) is 2.50. The molecular weight excluding hydrogens is 480 g/mol. The number of hydrogen-bond acceptors (Lipinski definition) is 9. The zero-order valence-electron chi connectivity index (χ0n) is 21.5. The summed E-state index contributed by atoms with van der Waals surface area (Å²) in [6.45, 7) is 4.78. The second kappa shape index (κ2) is 13.0. The molecule has 0 saturated heterocycles. The average molecular weight is 517 g/mol. The molecule has 1 saturated carbocycles. The van der Waals surface area contributed by atoms with Gasteiger partial charge in [-0.05, 0) is 51.4 Å². The molecule has 1 unspecified atom stereocenters. The van der Waals surface area contributed by atoms with Crippen LogP contribution < -0.4 is 10.6 Å². The summed E-state index contributed by atoms with van der Waals surface area (Å²) in [5.41, 5.74) is -0.710. The number of pyridine rings is 1. The molecule has 1 atom stereocenters. The molecule has 2 aromatic heterocycles. The summed E-state index contributed by atoms with van der Waals surface area (Å²) < 4.78 is 5.61. The number of Topliss-reactive ketones (excluding diaryl/α,β-unsaturated/α-hetero) is 1. The molecule has 2 aromatic rings. The summed E-state index contributed by atoms with van der Waals surface area (Å²) in [4.78, 5) is 45.9. The first-order chi connectivity index (χ1) is 17.2. The molecule has 36 heavy (non-hydrogen) atoms. The van der Waals surface area contributed by atoms with E-state index in [4.69, 9.17) is 4.42 Å². The van der Waals surface area contributed by atoms with E-state index in [2.05, 4.69) is 25.8 Å². The van der Waals surface area contributed by atoms with E-state index in [1.165, 1.54) is 18.0 Å². The van der Waals surface area contributed by atoms with Crippen molar-refractivity contribution < 1.29 is 18.8 Å². The maximum Gasteiger partial charge on any atom is 0.286 e. The van der Waals surface area contributed by atoms with Gasteiger partial charge >= 0.3 is 0 Å².